The Kier molecular flexibility index (Phi) is 3.23. The van der Waals surface area contributed by atoms with Gasteiger partial charge in [0.25, 0.3) is 0 Å². The Hall–Kier alpha value is -2.87. The maximum absolute atomic E-state index is 11.0. The maximum atomic E-state index is 11.0. The van der Waals surface area contributed by atoms with Gasteiger partial charge in [-0.05, 0) is 46.4 Å². The first kappa shape index (κ1) is 13.8. The van der Waals surface area contributed by atoms with E-state index in [2.05, 4.69) is 48.5 Å². The highest BCUT2D eigenvalue weighted by atomic mass is 16.4. The largest absolute Gasteiger partial charge is 0.478 e. The Balaban J connectivity index is 1.73. The van der Waals surface area contributed by atoms with Crippen LogP contribution in [0.1, 0.15) is 33.0 Å². The Morgan fingerprint density at radius 2 is 1.30 bits per heavy atom. The predicted octanol–water partition coefficient (Wildman–Crippen LogP) is 4.74. The normalized spacial score (nSPS) is 12.7. The minimum absolute atomic E-state index is 0.332. The van der Waals surface area contributed by atoms with Crippen LogP contribution in [0.3, 0.4) is 0 Å². The average molecular weight is 300 g/mol. The van der Waals surface area contributed by atoms with Crippen molar-refractivity contribution in [1.82, 2.24) is 0 Å². The fraction of sp³-hybridized carbons (Fsp3) is 0.0952. The van der Waals surface area contributed by atoms with Crippen molar-refractivity contribution in [2.75, 3.05) is 0 Å². The van der Waals surface area contributed by atoms with Crippen LogP contribution in [0.15, 0.2) is 72.8 Å². The van der Waals surface area contributed by atoms with E-state index in [0.717, 1.165) is 12.0 Å². The summed E-state index contributed by atoms with van der Waals surface area (Å²) in [6, 6.07) is 24.3. The second-order valence-electron chi connectivity index (χ2n) is 5.93. The number of aromatic carboxylic acids is 1. The van der Waals surface area contributed by atoms with Crippen LogP contribution in [0.4, 0.5) is 0 Å². The number of rotatable bonds is 3. The van der Waals surface area contributed by atoms with Crippen LogP contribution in [0, 0.1) is 0 Å². The molecule has 0 unspecified atom stereocenters. The standard InChI is InChI=1S/C21H16O2/c22-21(23)15-11-9-14(10-12-15)13-20-18-7-3-1-5-16(18)17-6-2-4-8-19(17)20/h1-12,20H,13H2,(H,22,23). The fourth-order valence-corrected chi connectivity index (χ4v) is 3.50. The first-order chi connectivity index (χ1) is 11.2. The number of benzene rings is 3. The lowest BCUT2D eigenvalue weighted by Gasteiger charge is -2.14. The fourth-order valence-electron chi connectivity index (χ4n) is 3.50. The molecule has 3 aromatic carbocycles. The second-order valence-corrected chi connectivity index (χ2v) is 5.93. The molecule has 0 atom stereocenters. The van der Waals surface area contributed by atoms with Gasteiger partial charge >= 0.3 is 5.97 Å². The molecular weight excluding hydrogens is 284 g/mol. The zero-order valence-corrected chi connectivity index (χ0v) is 12.6. The van der Waals surface area contributed by atoms with Crippen molar-refractivity contribution in [3.05, 3.63) is 95.1 Å². The summed E-state index contributed by atoms with van der Waals surface area (Å²) in [7, 11) is 0. The van der Waals surface area contributed by atoms with E-state index >= 15 is 0 Å². The van der Waals surface area contributed by atoms with E-state index < -0.39 is 5.97 Å². The van der Waals surface area contributed by atoms with Crippen molar-refractivity contribution in [2.24, 2.45) is 0 Å². The van der Waals surface area contributed by atoms with Gasteiger partial charge in [0.05, 0.1) is 5.56 Å². The molecule has 0 aliphatic heterocycles. The van der Waals surface area contributed by atoms with Gasteiger partial charge in [-0.1, -0.05) is 60.7 Å². The van der Waals surface area contributed by atoms with Crippen LogP contribution in [0.25, 0.3) is 11.1 Å². The number of fused-ring (bicyclic) bond motifs is 3. The van der Waals surface area contributed by atoms with Crippen LogP contribution >= 0.6 is 0 Å². The van der Waals surface area contributed by atoms with Crippen molar-refractivity contribution < 1.29 is 9.90 Å². The van der Waals surface area contributed by atoms with Gasteiger partial charge in [-0.15, -0.1) is 0 Å². The molecule has 1 N–H and O–H groups in total. The molecule has 0 saturated carbocycles. The van der Waals surface area contributed by atoms with Gasteiger partial charge < -0.3 is 5.11 Å². The maximum Gasteiger partial charge on any atom is 0.335 e. The Bertz CT molecular complexity index is 833. The Labute approximate surface area is 135 Å². The summed E-state index contributed by atoms with van der Waals surface area (Å²) in [6.45, 7) is 0. The molecule has 0 bridgehead atoms. The van der Waals surface area contributed by atoms with Gasteiger partial charge in [-0.2, -0.15) is 0 Å². The molecular formula is C21H16O2. The molecule has 0 fully saturated rings. The SMILES string of the molecule is O=C(O)c1ccc(CC2c3ccccc3-c3ccccc32)cc1. The summed E-state index contributed by atoms with van der Waals surface area (Å²) >= 11 is 0. The first-order valence-electron chi connectivity index (χ1n) is 7.74. The van der Waals surface area contributed by atoms with Crippen LogP contribution < -0.4 is 0 Å². The summed E-state index contributed by atoms with van der Waals surface area (Å²) < 4.78 is 0. The van der Waals surface area contributed by atoms with E-state index in [9.17, 15) is 4.79 Å². The third-order valence-electron chi connectivity index (χ3n) is 4.60. The lowest BCUT2D eigenvalue weighted by Crippen LogP contribution is -2.02. The van der Waals surface area contributed by atoms with Crippen molar-refractivity contribution in [1.29, 1.82) is 0 Å². The van der Waals surface area contributed by atoms with Gasteiger partial charge in [0.15, 0.2) is 0 Å². The van der Waals surface area contributed by atoms with Crippen LogP contribution in [0.2, 0.25) is 0 Å². The highest BCUT2D eigenvalue weighted by molar-refractivity contribution is 5.87. The van der Waals surface area contributed by atoms with Crippen LogP contribution in [0.5, 0.6) is 0 Å². The van der Waals surface area contributed by atoms with Gasteiger partial charge in [-0.25, -0.2) is 4.79 Å². The Morgan fingerprint density at radius 1 is 0.783 bits per heavy atom. The van der Waals surface area contributed by atoms with Gasteiger partial charge in [0, 0.05) is 5.92 Å². The van der Waals surface area contributed by atoms with Crippen molar-refractivity contribution >= 4 is 5.97 Å². The monoisotopic (exact) mass is 300 g/mol. The zero-order chi connectivity index (χ0) is 15.8. The Morgan fingerprint density at radius 3 is 1.83 bits per heavy atom. The average Bonchev–Trinajstić information content (AvgIpc) is 2.90. The molecule has 2 nitrogen and oxygen atoms in total. The van der Waals surface area contributed by atoms with Crippen molar-refractivity contribution in [3.8, 4) is 11.1 Å². The van der Waals surface area contributed by atoms with Crippen molar-refractivity contribution in [2.45, 2.75) is 12.3 Å². The minimum Gasteiger partial charge on any atom is -0.478 e. The van der Waals surface area contributed by atoms with E-state index in [-0.39, 0.29) is 0 Å². The summed E-state index contributed by atoms with van der Waals surface area (Å²) in [4.78, 5) is 11.0. The lowest BCUT2D eigenvalue weighted by molar-refractivity contribution is 0.0697. The first-order valence-corrected chi connectivity index (χ1v) is 7.74. The summed E-state index contributed by atoms with van der Waals surface area (Å²) in [5.41, 5.74) is 6.84. The zero-order valence-electron chi connectivity index (χ0n) is 12.6. The smallest absolute Gasteiger partial charge is 0.335 e. The molecule has 2 heteroatoms. The molecule has 0 amide bonds. The second kappa shape index (κ2) is 5.40. The molecule has 0 radical (unpaired) electrons. The molecule has 112 valence electrons. The number of carbonyl (C=O) groups is 1. The van der Waals surface area contributed by atoms with Crippen LogP contribution in [-0.4, -0.2) is 11.1 Å². The van der Waals surface area contributed by atoms with Gasteiger partial charge in [0.1, 0.15) is 0 Å². The van der Waals surface area contributed by atoms with Gasteiger partial charge in [0.2, 0.25) is 0 Å². The lowest BCUT2D eigenvalue weighted by atomic mass is 9.90. The minimum atomic E-state index is -0.881. The highest BCUT2D eigenvalue weighted by Gasteiger charge is 2.27. The molecule has 0 saturated heterocycles. The number of carboxylic acids is 1. The number of hydrogen-bond acceptors (Lipinski definition) is 1. The molecule has 0 heterocycles. The van der Waals surface area contributed by atoms with Crippen molar-refractivity contribution in [3.63, 3.8) is 0 Å². The summed E-state index contributed by atoms with van der Waals surface area (Å²) in [5, 5.41) is 9.02. The predicted molar refractivity (Wildman–Crippen MR) is 90.8 cm³/mol. The van der Waals surface area contributed by atoms with E-state index in [4.69, 9.17) is 5.11 Å². The molecule has 0 spiro atoms. The van der Waals surface area contributed by atoms with Gasteiger partial charge in [-0.3, -0.25) is 0 Å². The van der Waals surface area contributed by atoms with E-state index in [1.165, 1.54) is 22.3 Å². The third kappa shape index (κ3) is 2.33. The third-order valence-corrected chi connectivity index (χ3v) is 4.60. The molecule has 1 aliphatic rings. The van der Waals surface area contributed by atoms with E-state index in [1.54, 1.807) is 12.1 Å². The molecule has 1 aliphatic carbocycles. The number of hydrogen-bond donors (Lipinski definition) is 1. The van der Waals surface area contributed by atoms with E-state index in [0.29, 0.717) is 11.5 Å². The van der Waals surface area contributed by atoms with E-state index in [1.807, 2.05) is 12.1 Å². The molecule has 23 heavy (non-hydrogen) atoms. The number of carboxylic acid groups (broad SMARTS) is 1. The molecule has 3 aromatic rings. The van der Waals surface area contributed by atoms with Crippen LogP contribution in [-0.2, 0) is 6.42 Å². The molecule has 4 rings (SSSR count). The summed E-state index contributed by atoms with van der Waals surface area (Å²) in [6.07, 6.45) is 0.883. The summed E-state index contributed by atoms with van der Waals surface area (Å²) in [5.74, 6) is -0.550. The highest BCUT2D eigenvalue weighted by Crippen LogP contribution is 2.45. The quantitative estimate of drug-likeness (QED) is 0.758. The molecule has 0 aromatic heterocycles. The topological polar surface area (TPSA) is 37.3 Å².